The van der Waals surface area contributed by atoms with E-state index in [1.165, 1.54) is 36.1 Å². The summed E-state index contributed by atoms with van der Waals surface area (Å²) in [5, 5.41) is 7.18. The van der Waals surface area contributed by atoms with Crippen LogP contribution in [0.3, 0.4) is 0 Å². The molecule has 0 saturated heterocycles. The maximum atomic E-state index is 3.63. The van der Waals surface area contributed by atoms with Crippen LogP contribution in [0.5, 0.6) is 0 Å². The predicted molar refractivity (Wildman–Crippen MR) is 67.7 cm³/mol. The van der Waals surface area contributed by atoms with Crippen LogP contribution in [0.2, 0.25) is 0 Å². The van der Waals surface area contributed by atoms with E-state index in [-0.39, 0.29) is 0 Å². The second kappa shape index (κ2) is 4.10. The van der Waals surface area contributed by atoms with Crippen molar-refractivity contribution < 1.29 is 0 Å². The van der Waals surface area contributed by atoms with Gasteiger partial charge in [0.1, 0.15) is 0 Å². The van der Waals surface area contributed by atoms with E-state index in [4.69, 9.17) is 0 Å². The van der Waals surface area contributed by atoms with E-state index in [1.807, 2.05) is 0 Å². The lowest BCUT2D eigenvalue weighted by atomic mass is 9.99. The van der Waals surface area contributed by atoms with Crippen LogP contribution in [0.25, 0.3) is 0 Å². The van der Waals surface area contributed by atoms with E-state index in [1.54, 1.807) is 0 Å². The monoisotopic (exact) mass is 216 g/mol. The molecule has 0 aromatic heterocycles. The average molecular weight is 216 g/mol. The quantitative estimate of drug-likeness (QED) is 0.811. The van der Waals surface area contributed by atoms with Gasteiger partial charge in [-0.1, -0.05) is 25.1 Å². The van der Waals surface area contributed by atoms with Gasteiger partial charge in [0.25, 0.3) is 0 Å². The van der Waals surface area contributed by atoms with Crippen LogP contribution in [0.1, 0.15) is 30.9 Å². The maximum absolute atomic E-state index is 3.63. The number of aryl methyl sites for hydroxylation is 1. The fourth-order valence-corrected chi connectivity index (χ4v) is 2.58. The largest absolute Gasteiger partial charge is 0.385 e. The van der Waals surface area contributed by atoms with E-state index in [0.717, 1.165) is 25.0 Å². The first-order valence-electron chi connectivity index (χ1n) is 6.42. The molecule has 86 valence electrons. The average Bonchev–Trinajstić information content (AvgIpc) is 3.03. The Morgan fingerprint density at radius 2 is 2.31 bits per heavy atom. The Morgan fingerprint density at radius 3 is 3.12 bits per heavy atom. The smallest absolute Gasteiger partial charge is 0.0418 e. The predicted octanol–water partition coefficient (Wildman–Crippen LogP) is 2.54. The third-order valence-electron chi connectivity index (χ3n) is 3.83. The zero-order valence-corrected chi connectivity index (χ0v) is 9.92. The van der Waals surface area contributed by atoms with Gasteiger partial charge >= 0.3 is 0 Å². The topological polar surface area (TPSA) is 24.1 Å². The molecule has 1 aliphatic heterocycles. The second-order valence-electron chi connectivity index (χ2n) is 5.18. The first-order chi connectivity index (χ1) is 7.84. The fraction of sp³-hybridized carbons (Fsp3) is 0.571. The van der Waals surface area contributed by atoms with Crippen molar-refractivity contribution in [3.05, 3.63) is 29.3 Å². The Kier molecular flexibility index (Phi) is 2.60. The Hall–Kier alpha value is -1.02. The summed E-state index contributed by atoms with van der Waals surface area (Å²) in [5.41, 5.74) is 4.33. The minimum Gasteiger partial charge on any atom is -0.385 e. The van der Waals surface area contributed by atoms with Crippen LogP contribution in [0, 0.1) is 5.92 Å². The molecule has 0 radical (unpaired) electrons. The molecule has 1 fully saturated rings. The van der Waals surface area contributed by atoms with E-state index in [2.05, 4.69) is 35.8 Å². The van der Waals surface area contributed by atoms with Gasteiger partial charge in [-0.3, -0.25) is 0 Å². The summed E-state index contributed by atoms with van der Waals surface area (Å²) in [6, 6.07) is 7.46. The molecule has 2 N–H and O–H groups in total. The third-order valence-corrected chi connectivity index (χ3v) is 3.83. The number of hydrogen-bond acceptors (Lipinski definition) is 2. The molecule has 1 aromatic carbocycles. The van der Waals surface area contributed by atoms with E-state index in [9.17, 15) is 0 Å². The molecule has 2 heteroatoms. The van der Waals surface area contributed by atoms with Crippen LogP contribution < -0.4 is 10.6 Å². The lowest BCUT2D eigenvalue weighted by Gasteiger charge is -2.21. The van der Waals surface area contributed by atoms with Crippen molar-refractivity contribution in [1.82, 2.24) is 5.32 Å². The van der Waals surface area contributed by atoms with Crippen molar-refractivity contribution in [2.45, 2.75) is 38.8 Å². The number of fused-ring (bicyclic) bond motifs is 1. The molecule has 2 atom stereocenters. The summed E-state index contributed by atoms with van der Waals surface area (Å²) in [4.78, 5) is 0. The Labute approximate surface area is 97.4 Å². The highest BCUT2D eigenvalue weighted by atomic mass is 15.0. The summed E-state index contributed by atoms with van der Waals surface area (Å²) in [6.45, 7) is 4.46. The lowest BCUT2D eigenvalue weighted by Crippen LogP contribution is -2.20. The third kappa shape index (κ3) is 1.94. The molecule has 16 heavy (non-hydrogen) atoms. The highest BCUT2D eigenvalue weighted by Crippen LogP contribution is 2.31. The van der Waals surface area contributed by atoms with Crippen molar-refractivity contribution in [3.63, 3.8) is 0 Å². The van der Waals surface area contributed by atoms with Gasteiger partial charge in [-0.15, -0.1) is 0 Å². The second-order valence-corrected chi connectivity index (χ2v) is 5.18. The van der Waals surface area contributed by atoms with E-state index in [0.29, 0.717) is 0 Å². The summed E-state index contributed by atoms with van der Waals surface area (Å²) >= 11 is 0. The molecule has 2 unspecified atom stereocenters. The van der Waals surface area contributed by atoms with Crippen LogP contribution in [-0.2, 0) is 13.0 Å². The number of nitrogens with one attached hydrogen (secondary N) is 2. The maximum Gasteiger partial charge on any atom is 0.0418 e. The van der Waals surface area contributed by atoms with Gasteiger partial charge in [0.2, 0.25) is 0 Å². The SMILES string of the molecule is CC1CC1NCc1cccc2c1NCCC2. The molecular weight excluding hydrogens is 196 g/mol. The Bertz CT molecular complexity index is 386. The van der Waals surface area contributed by atoms with Gasteiger partial charge in [0, 0.05) is 24.8 Å². The van der Waals surface area contributed by atoms with Crippen molar-refractivity contribution >= 4 is 5.69 Å². The molecule has 1 aromatic rings. The number of para-hydroxylation sites is 1. The molecule has 2 nitrogen and oxygen atoms in total. The molecule has 1 aliphatic carbocycles. The molecule has 1 saturated carbocycles. The summed E-state index contributed by atoms with van der Waals surface area (Å²) < 4.78 is 0. The molecule has 3 rings (SSSR count). The minimum absolute atomic E-state index is 0.763. The molecule has 0 bridgehead atoms. The number of anilines is 1. The standard InChI is InChI=1S/C14H20N2/c1-10-8-13(10)16-9-12-5-2-4-11-6-3-7-15-14(11)12/h2,4-5,10,13,15-16H,3,6-9H2,1H3. The number of rotatable bonds is 3. The number of benzene rings is 1. The van der Waals surface area contributed by atoms with E-state index < -0.39 is 0 Å². The molecule has 1 heterocycles. The summed E-state index contributed by atoms with van der Waals surface area (Å²) in [6.07, 6.45) is 3.85. The van der Waals surface area contributed by atoms with Crippen molar-refractivity contribution in [1.29, 1.82) is 0 Å². The zero-order chi connectivity index (χ0) is 11.0. The van der Waals surface area contributed by atoms with Crippen molar-refractivity contribution in [2.75, 3.05) is 11.9 Å². The van der Waals surface area contributed by atoms with Crippen LogP contribution in [0.15, 0.2) is 18.2 Å². The van der Waals surface area contributed by atoms with E-state index >= 15 is 0 Å². The molecule has 0 spiro atoms. The Balaban J connectivity index is 1.73. The lowest BCUT2D eigenvalue weighted by molar-refractivity contribution is 0.651. The van der Waals surface area contributed by atoms with Gasteiger partial charge in [-0.2, -0.15) is 0 Å². The van der Waals surface area contributed by atoms with Gasteiger partial charge in [0.15, 0.2) is 0 Å². The fourth-order valence-electron chi connectivity index (χ4n) is 2.58. The molecular formula is C14H20N2. The normalized spacial score (nSPS) is 27.1. The van der Waals surface area contributed by atoms with Gasteiger partial charge in [-0.05, 0) is 36.3 Å². The summed E-state index contributed by atoms with van der Waals surface area (Å²) in [5.74, 6) is 0.882. The summed E-state index contributed by atoms with van der Waals surface area (Å²) in [7, 11) is 0. The van der Waals surface area contributed by atoms with Crippen LogP contribution >= 0.6 is 0 Å². The highest BCUT2D eigenvalue weighted by Gasteiger charge is 2.31. The van der Waals surface area contributed by atoms with Crippen molar-refractivity contribution in [2.24, 2.45) is 5.92 Å². The van der Waals surface area contributed by atoms with Gasteiger partial charge < -0.3 is 10.6 Å². The first-order valence-corrected chi connectivity index (χ1v) is 6.42. The highest BCUT2D eigenvalue weighted by molar-refractivity contribution is 5.59. The van der Waals surface area contributed by atoms with Gasteiger partial charge in [0.05, 0.1) is 0 Å². The Morgan fingerprint density at radius 1 is 1.44 bits per heavy atom. The minimum atomic E-state index is 0.763. The number of hydrogen-bond donors (Lipinski definition) is 2. The zero-order valence-electron chi connectivity index (χ0n) is 9.92. The molecule has 2 aliphatic rings. The van der Waals surface area contributed by atoms with Gasteiger partial charge in [-0.25, -0.2) is 0 Å². The molecule has 0 amide bonds. The van der Waals surface area contributed by atoms with Crippen LogP contribution in [0.4, 0.5) is 5.69 Å². The first kappa shape index (κ1) is 10.2. The van der Waals surface area contributed by atoms with Crippen molar-refractivity contribution in [3.8, 4) is 0 Å². The van der Waals surface area contributed by atoms with Crippen LogP contribution in [-0.4, -0.2) is 12.6 Å².